The van der Waals surface area contributed by atoms with Crippen molar-refractivity contribution in [2.24, 2.45) is 5.41 Å². The first-order valence-corrected chi connectivity index (χ1v) is 6.42. The fraction of sp³-hybridized carbons (Fsp3) is 0.571. The number of ether oxygens (including phenoxy) is 2. The molecule has 0 aromatic carbocycles. The molecule has 1 aromatic rings. The van der Waals surface area contributed by atoms with Crippen LogP contribution in [0.25, 0.3) is 0 Å². The Morgan fingerprint density at radius 1 is 1.40 bits per heavy atom. The Kier molecular flexibility index (Phi) is 4.81. The van der Waals surface area contributed by atoms with Crippen LogP contribution in [0.5, 0.6) is 0 Å². The average Bonchev–Trinajstić information content (AvgIpc) is 2.77. The molecule has 1 heterocycles. The lowest BCUT2D eigenvalue weighted by Crippen LogP contribution is -2.32. The largest absolute Gasteiger partial charge is 0.469 e. The first-order valence-electron chi connectivity index (χ1n) is 6.42. The fourth-order valence-electron chi connectivity index (χ4n) is 1.75. The zero-order valence-corrected chi connectivity index (χ0v) is 12.6. The number of aromatic nitrogens is 1. The fourth-order valence-corrected chi connectivity index (χ4v) is 1.75. The minimum atomic E-state index is -0.884. The van der Waals surface area contributed by atoms with E-state index < -0.39 is 17.4 Å². The summed E-state index contributed by atoms with van der Waals surface area (Å²) in [7, 11) is 1.30. The van der Waals surface area contributed by atoms with E-state index in [1.807, 2.05) is 13.8 Å². The molecule has 0 atom stereocenters. The zero-order valence-electron chi connectivity index (χ0n) is 12.6. The molecule has 0 aliphatic carbocycles. The second kappa shape index (κ2) is 5.98. The highest BCUT2D eigenvalue weighted by molar-refractivity contribution is 5.89. The minimum absolute atomic E-state index is 0.0539. The number of esters is 2. The van der Waals surface area contributed by atoms with E-state index in [0.717, 1.165) is 0 Å². The molecular weight excluding hydrogens is 260 g/mol. The monoisotopic (exact) mass is 282 g/mol. The van der Waals surface area contributed by atoms with Gasteiger partial charge in [0.25, 0.3) is 0 Å². The van der Waals surface area contributed by atoms with Gasteiger partial charge in [-0.05, 0) is 33.8 Å². The molecule has 1 rings (SSSR count). The predicted molar refractivity (Wildman–Crippen MR) is 75.3 cm³/mol. The summed E-state index contributed by atoms with van der Waals surface area (Å²) in [6.07, 6.45) is 1.69. The summed E-state index contributed by atoms with van der Waals surface area (Å²) < 4.78 is 11.6. The number of nitrogen functional groups attached to an aromatic ring is 1. The molecule has 112 valence electrons. The molecule has 1 aromatic heterocycles. The highest BCUT2D eigenvalue weighted by Gasteiger charge is 2.31. The molecule has 0 saturated heterocycles. The molecule has 0 saturated carbocycles. The lowest BCUT2D eigenvalue weighted by atomic mass is 9.95. The predicted octanol–water partition coefficient (Wildman–Crippen LogP) is 2.01. The molecule has 6 nitrogen and oxygen atoms in total. The Morgan fingerprint density at radius 3 is 2.50 bits per heavy atom. The van der Waals surface area contributed by atoms with Gasteiger partial charge in [-0.3, -0.25) is 4.79 Å². The van der Waals surface area contributed by atoms with Gasteiger partial charge in [-0.15, -0.1) is 0 Å². The third-order valence-corrected chi connectivity index (χ3v) is 2.94. The second-order valence-electron chi connectivity index (χ2n) is 5.61. The van der Waals surface area contributed by atoms with Gasteiger partial charge in [0, 0.05) is 12.2 Å². The Morgan fingerprint density at radius 2 is 2.00 bits per heavy atom. The van der Waals surface area contributed by atoms with Crippen LogP contribution in [-0.4, -0.2) is 30.2 Å². The maximum Gasteiger partial charge on any atom is 0.355 e. The van der Waals surface area contributed by atoms with Crippen molar-refractivity contribution in [2.75, 3.05) is 19.5 Å². The van der Waals surface area contributed by atoms with Gasteiger partial charge >= 0.3 is 11.9 Å². The van der Waals surface area contributed by atoms with Crippen LogP contribution >= 0.6 is 0 Å². The minimum Gasteiger partial charge on any atom is -0.469 e. The molecule has 20 heavy (non-hydrogen) atoms. The van der Waals surface area contributed by atoms with Gasteiger partial charge in [0.15, 0.2) is 0 Å². The first-order chi connectivity index (χ1) is 9.19. The van der Waals surface area contributed by atoms with Crippen molar-refractivity contribution in [1.82, 2.24) is 4.57 Å². The van der Waals surface area contributed by atoms with E-state index in [4.69, 9.17) is 10.5 Å². The van der Waals surface area contributed by atoms with Crippen LogP contribution < -0.4 is 5.73 Å². The Bertz CT molecular complexity index is 503. The van der Waals surface area contributed by atoms with Gasteiger partial charge in [-0.25, -0.2) is 4.79 Å². The molecule has 0 amide bonds. The Balaban J connectivity index is 2.80. The number of anilines is 1. The number of nitrogens with zero attached hydrogens (tertiary/aromatic N) is 1. The van der Waals surface area contributed by atoms with E-state index in [0.29, 0.717) is 11.4 Å². The number of carbonyl (C=O) groups is 2. The summed E-state index contributed by atoms with van der Waals surface area (Å²) in [6, 6.07) is 1.65. The molecule has 0 unspecified atom stereocenters. The lowest BCUT2D eigenvalue weighted by molar-refractivity contribution is -0.152. The van der Waals surface area contributed by atoms with Crippen molar-refractivity contribution < 1.29 is 19.1 Å². The smallest absolute Gasteiger partial charge is 0.355 e. The van der Waals surface area contributed by atoms with Crippen molar-refractivity contribution in [3.05, 3.63) is 18.0 Å². The number of carbonyl (C=O) groups excluding carboxylic acids is 2. The number of nitrogens with two attached hydrogens (primary N) is 1. The van der Waals surface area contributed by atoms with E-state index in [1.165, 1.54) is 7.11 Å². The summed E-state index contributed by atoms with van der Waals surface area (Å²) in [5, 5.41) is 0. The quantitative estimate of drug-likeness (QED) is 0.835. The Labute approximate surface area is 118 Å². The van der Waals surface area contributed by atoms with Crippen LogP contribution in [0.2, 0.25) is 0 Å². The van der Waals surface area contributed by atoms with Gasteiger partial charge in [-0.2, -0.15) is 0 Å². The van der Waals surface area contributed by atoms with E-state index >= 15 is 0 Å². The maximum absolute atomic E-state index is 12.1. The molecular formula is C14H22N2O4. The molecule has 2 N–H and O–H groups in total. The summed E-state index contributed by atoms with van der Waals surface area (Å²) in [4.78, 5) is 23.6. The van der Waals surface area contributed by atoms with E-state index in [-0.39, 0.29) is 12.6 Å². The third kappa shape index (κ3) is 3.53. The van der Waals surface area contributed by atoms with Crippen LogP contribution in [0.4, 0.5) is 5.69 Å². The second-order valence-corrected chi connectivity index (χ2v) is 5.61. The summed E-state index contributed by atoms with van der Waals surface area (Å²) >= 11 is 0. The van der Waals surface area contributed by atoms with E-state index in [1.54, 1.807) is 30.7 Å². The van der Waals surface area contributed by atoms with Crippen molar-refractivity contribution in [3.63, 3.8) is 0 Å². The van der Waals surface area contributed by atoms with Crippen LogP contribution in [-0.2, 0) is 14.3 Å². The van der Waals surface area contributed by atoms with Gasteiger partial charge in [0.1, 0.15) is 12.3 Å². The van der Waals surface area contributed by atoms with Crippen LogP contribution in [0, 0.1) is 5.41 Å². The molecule has 0 spiro atoms. The average molecular weight is 282 g/mol. The van der Waals surface area contributed by atoms with Crippen molar-refractivity contribution in [3.8, 4) is 0 Å². The van der Waals surface area contributed by atoms with Crippen molar-refractivity contribution in [1.29, 1.82) is 0 Å². The third-order valence-electron chi connectivity index (χ3n) is 2.94. The molecule has 0 bridgehead atoms. The Hall–Kier alpha value is -1.98. The van der Waals surface area contributed by atoms with Crippen LogP contribution in [0.1, 0.15) is 44.2 Å². The SMILES string of the molecule is COC(=O)C(C)(C)COC(=O)c1cc(N)cn1C(C)C. The molecule has 0 aliphatic heterocycles. The normalized spacial score (nSPS) is 11.5. The number of hydrogen-bond acceptors (Lipinski definition) is 5. The van der Waals surface area contributed by atoms with Crippen molar-refractivity contribution in [2.45, 2.75) is 33.7 Å². The molecule has 6 heteroatoms. The lowest BCUT2D eigenvalue weighted by Gasteiger charge is -2.21. The van der Waals surface area contributed by atoms with Crippen molar-refractivity contribution >= 4 is 17.6 Å². The highest BCUT2D eigenvalue weighted by Crippen LogP contribution is 2.21. The molecule has 0 radical (unpaired) electrons. The topological polar surface area (TPSA) is 83.6 Å². The summed E-state index contributed by atoms with van der Waals surface area (Å²) in [5.74, 6) is -0.934. The number of methoxy groups -OCH3 is 1. The van der Waals surface area contributed by atoms with Crippen LogP contribution in [0.15, 0.2) is 12.3 Å². The first kappa shape index (κ1) is 16.1. The molecule has 0 aliphatic rings. The van der Waals surface area contributed by atoms with E-state index in [9.17, 15) is 9.59 Å². The zero-order chi connectivity index (χ0) is 15.5. The van der Waals surface area contributed by atoms with Gasteiger partial charge in [0.2, 0.25) is 0 Å². The summed E-state index contributed by atoms with van der Waals surface area (Å²) in [5.41, 5.74) is 5.69. The van der Waals surface area contributed by atoms with Gasteiger partial charge in [0.05, 0.1) is 18.2 Å². The highest BCUT2D eigenvalue weighted by atomic mass is 16.5. The molecule has 0 fully saturated rings. The number of hydrogen-bond donors (Lipinski definition) is 1. The van der Waals surface area contributed by atoms with Gasteiger partial charge in [-0.1, -0.05) is 0 Å². The van der Waals surface area contributed by atoms with E-state index in [2.05, 4.69) is 4.74 Å². The van der Waals surface area contributed by atoms with Gasteiger partial charge < -0.3 is 19.8 Å². The maximum atomic E-state index is 12.1. The van der Waals surface area contributed by atoms with Crippen LogP contribution in [0.3, 0.4) is 0 Å². The summed E-state index contributed by atoms with van der Waals surface area (Å²) in [6.45, 7) is 7.13. The standard InChI is InChI=1S/C14H22N2O4/c1-9(2)16-7-10(15)6-11(16)12(17)20-8-14(3,4)13(18)19-5/h6-7,9H,8,15H2,1-5H3. The number of rotatable bonds is 5.